The van der Waals surface area contributed by atoms with Crippen molar-refractivity contribution in [1.82, 2.24) is 0 Å². The molecule has 0 radical (unpaired) electrons. The second-order valence-corrected chi connectivity index (χ2v) is 2.55. The molecule has 56 valence electrons. The van der Waals surface area contributed by atoms with Gasteiger partial charge in [0.25, 0.3) is 0 Å². The van der Waals surface area contributed by atoms with Crippen LogP contribution in [0.3, 0.4) is 0 Å². The third-order valence-electron chi connectivity index (χ3n) is 1.80. The molecule has 1 rings (SSSR count). The van der Waals surface area contributed by atoms with E-state index in [0.717, 1.165) is 19.3 Å². The highest BCUT2D eigenvalue weighted by molar-refractivity contribution is 4.85. The predicted octanol–water partition coefficient (Wildman–Crippen LogP) is 0.550. The largest absolute Gasteiger partial charge is 0.390 e. The van der Waals surface area contributed by atoms with Gasteiger partial charge >= 0.3 is 0 Å². The smallest absolute Gasteiger partial charge is 0.107 e. The summed E-state index contributed by atoms with van der Waals surface area (Å²) in [4.78, 5) is 0. The van der Waals surface area contributed by atoms with Crippen LogP contribution >= 0.6 is 0 Å². The van der Waals surface area contributed by atoms with E-state index >= 15 is 0 Å². The Labute approximate surface area is 61.2 Å². The second-order valence-electron chi connectivity index (χ2n) is 2.55. The van der Waals surface area contributed by atoms with E-state index in [1.165, 1.54) is 0 Å². The molecule has 2 nitrogen and oxygen atoms in total. The normalized spacial score (nSPS) is 32.0. The average Bonchev–Trinajstić information content (AvgIpc) is 2.31. The molecular weight excluding hydrogens is 128 g/mol. The van der Waals surface area contributed by atoms with Gasteiger partial charge in [-0.3, -0.25) is 0 Å². The molecule has 0 aliphatic heterocycles. The third-order valence-corrected chi connectivity index (χ3v) is 1.80. The highest BCUT2D eigenvalue weighted by Crippen LogP contribution is 2.21. The van der Waals surface area contributed by atoms with Gasteiger partial charge in [0, 0.05) is 0 Å². The summed E-state index contributed by atoms with van der Waals surface area (Å²) in [5, 5.41) is 9.22. The van der Waals surface area contributed by atoms with Crippen LogP contribution < -0.4 is 0 Å². The van der Waals surface area contributed by atoms with E-state index in [9.17, 15) is 5.11 Å². The molecule has 0 amide bonds. The number of aliphatic hydroxyl groups is 1. The van der Waals surface area contributed by atoms with Crippen molar-refractivity contribution in [2.24, 2.45) is 0 Å². The van der Waals surface area contributed by atoms with E-state index in [1.807, 2.05) is 0 Å². The molecule has 2 atom stereocenters. The predicted molar refractivity (Wildman–Crippen MR) is 38.4 cm³/mol. The first kappa shape index (κ1) is 7.59. The fourth-order valence-corrected chi connectivity index (χ4v) is 1.26. The van der Waals surface area contributed by atoms with Crippen LogP contribution in [0.4, 0.5) is 0 Å². The maximum absolute atomic E-state index is 9.22. The van der Waals surface area contributed by atoms with Crippen LogP contribution in [0.15, 0.2) is 0 Å². The Hall–Kier alpha value is -0.520. The van der Waals surface area contributed by atoms with E-state index in [2.05, 4.69) is 5.92 Å². The maximum atomic E-state index is 9.22. The van der Waals surface area contributed by atoms with Crippen LogP contribution in [0.5, 0.6) is 0 Å². The van der Waals surface area contributed by atoms with Gasteiger partial charge in [-0.1, -0.05) is 5.92 Å². The number of hydrogen-bond donors (Lipinski definition) is 1. The molecule has 0 heterocycles. The minimum atomic E-state index is -0.284. The zero-order valence-corrected chi connectivity index (χ0v) is 5.92. The van der Waals surface area contributed by atoms with E-state index < -0.39 is 0 Å². The van der Waals surface area contributed by atoms with Gasteiger partial charge in [-0.05, 0) is 19.3 Å². The molecule has 1 fully saturated rings. The summed E-state index contributed by atoms with van der Waals surface area (Å²) in [6.45, 7) is 0.321. The monoisotopic (exact) mass is 140 g/mol. The fraction of sp³-hybridized carbons (Fsp3) is 0.750. The van der Waals surface area contributed by atoms with Crippen molar-refractivity contribution in [3.63, 3.8) is 0 Å². The maximum Gasteiger partial charge on any atom is 0.107 e. The topological polar surface area (TPSA) is 29.5 Å². The molecule has 0 aromatic rings. The molecular formula is C8H12O2. The first-order valence-electron chi connectivity index (χ1n) is 3.57. The summed E-state index contributed by atoms with van der Waals surface area (Å²) in [5.41, 5.74) is 0. The molecule has 2 heteroatoms. The summed E-state index contributed by atoms with van der Waals surface area (Å²) in [5.74, 6) is 2.38. The van der Waals surface area contributed by atoms with E-state index in [4.69, 9.17) is 11.2 Å². The Morgan fingerprint density at radius 3 is 2.90 bits per heavy atom. The summed E-state index contributed by atoms with van der Waals surface area (Å²) in [6, 6.07) is 0. The number of ether oxygens (including phenoxy) is 1. The van der Waals surface area contributed by atoms with Gasteiger partial charge in [-0.15, -0.1) is 6.42 Å². The van der Waals surface area contributed by atoms with E-state index in [-0.39, 0.29) is 12.2 Å². The van der Waals surface area contributed by atoms with Gasteiger partial charge in [-0.25, -0.2) is 0 Å². The average molecular weight is 140 g/mol. The second kappa shape index (κ2) is 3.60. The highest BCUT2D eigenvalue weighted by atomic mass is 16.5. The zero-order chi connectivity index (χ0) is 7.40. The minimum Gasteiger partial charge on any atom is -0.390 e. The Morgan fingerprint density at radius 1 is 1.60 bits per heavy atom. The molecule has 0 saturated heterocycles. The van der Waals surface area contributed by atoms with Crippen LogP contribution in [0.1, 0.15) is 19.3 Å². The fourth-order valence-electron chi connectivity index (χ4n) is 1.26. The SMILES string of the molecule is C#CCO[C@@H]1CCC[C@H]1O. The van der Waals surface area contributed by atoms with Gasteiger partial charge in [-0.2, -0.15) is 0 Å². The van der Waals surface area contributed by atoms with Crippen molar-refractivity contribution in [2.45, 2.75) is 31.5 Å². The summed E-state index contributed by atoms with van der Waals surface area (Å²) < 4.78 is 5.18. The first-order chi connectivity index (χ1) is 4.84. The molecule has 10 heavy (non-hydrogen) atoms. The standard InChI is InChI=1S/C8H12O2/c1-2-6-10-8-5-3-4-7(8)9/h1,7-9H,3-6H2/t7-,8-/m1/s1. The lowest BCUT2D eigenvalue weighted by atomic mass is 10.3. The van der Waals surface area contributed by atoms with Crippen molar-refractivity contribution in [2.75, 3.05) is 6.61 Å². The van der Waals surface area contributed by atoms with Gasteiger partial charge < -0.3 is 9.84 Å². The Kier molecular flexibility index (Phi) is 2.73. The third kappa shape index (κ3) is 1.73. The molecule has 0 spiro atoms. The van der Waals surface area contributed by atoms with Gasteiger partial charge in [0.05, 0.1) is 12.2 Å². The minimum absolute atomic E-state index is 0.00366. The molecule has 0 aromatic heterocycles. The van der Waals surface area contributed by atoms with E-state index in [0.29, 0.717) is 6.61 Å². The molecule has 1 aliphatic rings. The lowest BCUT2D eigenvalue weighted by Gasteiger charge is -2.12. The van der Waals surface area contributed by atoms with Crippen molar-refractivity contribution in [3.8, 4) is 12.3 Å². The molecule has 0 unspecified atom stereocenters. The number of rotatable bonds is 2. The number of terminal acetylenes is 1. The number of hydrogen-bond acceptors (Lipinski definition) is 2. The van der Waals surface area contributed by atoms with Gasteiger partial charge in [0.2, 0.25) is 0 Å². The number of aliphatic hydroxyl groups excluding tert-OH is 1. The van der Waals surface area contributed by atoms with Crippen molar-refractivity contribution >= 4 is 0 Å². The Bertz CT molecular complexity index is 137. The van der Waals surface area contributed by atoms with E-state index in [1.54, 1.807) is 0 Å². The van der Waals surface area contributed by atoms with Gasteiger partial charge in [0.15, 0.2) is 0 Å². The molecule has 1 aliphatic carbocycles. The first-order valence-corrected chi connectivity index (χ1v) is 3.57. The Morgan fingerprint density at radius 2 is 2.40 bits per heavy atom. The van der Waals surface area contributed by atoms with Crippen LogP contribution in [-0.2, 0) is 4.74 Å². The van der Waals surface area contributed by atoms with Gasteiger partial charge in [0.1, 0.15) is 6.61 Å². The van der Waals surface area contributed by atoms with Crippen LogP contribution in [0, 0.1) is 12.3 Å². The molecule has 0 bridgehead atoms. The molecule has 1 N–H and O–H groups in total. The zero-order valence-electron chi connectivity index (χ0n) is 5.92. The molecule has 0 aromatic carbocycles. The highest BCUT2D eigenvalue weighted by Gasteiger charge is 2.25. The van der Waals surface area contributed by atoms with Crippen LogP contribution in [0.2, 0.25) is 0 Å². The summed E-state index contributed by atoms with van der Waals surface area (Å²) in [6.07, 6.45) is 7.56. The molecule has 1 saturated carbocycles. The summed E-state index contributed by atoms with van der Waals surface area (Å²) in [7, 11) is 0. The van der Waals surface area contributed by atoms with Crippen molar-refractivity contribution < 1.29 is 9.84 Å². The van der Waals surface area contributed by atoms with Crippen molar-refractivity contribution in [1.29, 1.82) is 0 Å². The lowest BCUT2D eigenvalue weighted by molar-refractivity contribution is -0.00414. The summed E-state index contributed by atoms with van der Waals surface area (Å²) >= 11 is 0. The quantitative estimate of drug-likeness (QED) is 0.567. The van der Waals surface area contributed by atoms with Crippen LogP contribution in [-0.4, -0.2) is 23.9 Å². The van der Waals surface area contributed by atoms with Crippen molar-refractivity contribution in [3.05, 3.63) is 0 Å². The Balaban J connectivity index is 2.21. The van der Waals surface area contributed by atoms with Crippen LogP contribution in [0.25, 0.3) is 0 Å². The lowest BCUT2D eigenvalue weighted by Crippen LogP contribution is -2.22.